The molecule has 0 amide bonds. The van der Waals surface area contributed by atoms with Gasteiger partial charge in [0, 0.05) is 13.2 Å². The molecule has 88 valence electrons. The van der Waals surface area contributed by atoms with Crippen LogP contribution < -0.4 is 11.2 Å². The van der Waals surface area contributed by atoms with Crippen LogP contribution in [0.2, 0.25) is 0 Å². The Hall–Kier alpha value is -1.37. The lowest BCUT2D eigenvalue weighted by Crippen LogP contribution is -2.30. The van der Waals surface area contributed by atoms with E-state index in [1.54, 1.807) is 23.4 Å². The summed E-state index contributed by atoms with van der Waals surface area (Å²) in [5, 5.41) is 0.865. The molecule has 0 unspecified atom stereocenters. The third-order valence-corrected chi connectivity index (χ3v) is 2.82. The van der Waals surface area contributed by atoms with Gasteiger partial charge in [-0.1, -0.05) is 34.7 Å². The monoisotopic (exact) mass is 342 g/mol. The second-order valence-electron chi connectivity index (χ2n) is 3.51. The maximum absolute atomic E-state index is 11.8. The Morgan fingerprint density at radius 1 is 1.47 bits per heavy atom. The average Bonchev–Trinajstić information content (AvgIpc) is 2.31. The predicted octanol–water partition coefficient (Wildman–Crippen LogP) is 2.30. The van der Waals surface area contributed by atoms with Crippen molar-refractivity contribution in [3.63, 3.8) is 0 Å². The summed E-state index contributed by atoms with van der Waals surface area (Å²) in [7, 11) is 1.66. The van der Waals surface area contributed by atoms with Gasteiger partial charge in [0.1, 0.15) is 11.1 Å². The molecule has 2 aromatic rings. The Morgan fingerprint density at radius 3 is 2.88 bits per heavy atom. The first-order valence-corrected chi connectivity index (χ1v) is 6.28. The first-order valence-electron chi connectivity index (χ1n) is 5.03. The highest BCUT2D eigenvalue weighted by molar-refractivity contribution is 14.1. The molecule has 1 heterocycles. The highest BCUT2D eigenvalue weighted by Crippen LogP contribution is 2.12. The van der Waals surface area contributed by atoms with E-state index in [0.717, 1.165) is 10.9 Å². The standard InChI is InChI=1S/C12H11IN2O2/c1-8-4-3-5-9-10(8)11(14-2)15(7-6-13)12(16)17-9/h3-7H,1-2H3/b7-6-,14-11?. The van der Waals surface area contributed by atoms with Crippen molar-refractivity contribution in [2.75, 3.05) is 7.05 Å². The van der Waals surface area contributed by atoms with Gasteiger partial charge >= 0.3 is 5.76 Å². The topological polar surface area (TPSA) is 47.5 Å². The molecule has 0 radical (unpaired) electrons. The quantitative estimate of drug-likeness (QED) is 0.747. The number of halogens is 1. The molecule has 0 fully saturated rings. The van der Waals surface area contributed by atoms with Crippen LogP contribution in [0.4, 0.5) is 0 Å². The molecule has 0 spiro atoms. The van der Waals surface area contributed by atoms with E-state index in [4.69, 9.17) is 4.42 Å². The smallest absolute Gasteiger partial charge is 0.409 e. The van der Waals surface area contributed by atoms with Gasteiger partial charge in [-0.3, -0.25) is 4.99 Å². The first kappa shape index (κ1) is 12.1. The largest absolute Gasteiger partial charge is 0.425 e. The number of rotatable bonds is 1. The number of aryl methyl sites for hydroxylation is 1. The number of fused-ring (bicyclic) bond motifs is 1. The fraction of sp³-hybridized carbons (Fsp3) is 0.167. The van der Waals surface area contributed by atoms with Gasteiger partial charge < -0.3 is 4.42 Å². The van der Waals surface area contributed by atoms with Crippen LogP contribution in [0.3, 0.4) is 0 Å². The number of nitrogens with zero attached hydrogens (tertiary/aromatic N) is 2. The second kappa shape index (κ2) is 4.87. The summed E-state index contributed by atoms with van der Waals surface area (Å²) < 4.78 is 8.41. The Kier molecular flexibility index (Phi) is 3.46. The number of benzene rings is 1. The molecule has 0 aliphatic heterocycles. The van der Waals surface area contributed by atoms with E-state index in [-0.39, 0.29) is 0 Å². The summed E-state index contributed by atoms with van der Waals surface area (Å²) >= 11 is 2.05. The molecule has 5 heteroatoms. The highest BCUT2D eigenvalue weighted by atomic mass is 127. The molecule has 0 saturated heterocycles. The minimum atomic E-state index is -0.434. The third-order valence-electron chi connectivity index (χ3n) is 2.50. The SMILES string of the molecule is CN=c1c2c(C)cccc2oc(=O)n1/C=C\I. The van der Waals surface area contributed by atoms with Crippen LogP contribution in [0.1, 0.15) is 5.56 Å². The predicted molar refractivity (Wildman–Crippen MR) is 76.0 cm³/mol. The van der Waals surface area contributed by atoms with Crippen LogP contribution in [0, 0.1) is 6.92 Å². The zero-order valence-corrected chi connectivity index (χ0v) is 11.6. The van der Waals surface area contributed by atoms with Crippen molar-refractivity contribution in [1.82, 2.24) is 4.57 Å². The summed E-state index contributed by atoms with van der Waals surface area (Å²) in [5.74, 6) is -0.434. The zero-order chi connectivity index (χ0) is 12.4. The van der Waals surface area contributed by atoms with Gasteiger partial charge in [-0.25, -0.2) is 9.36 Å². The van der Waals surface area contributed by atoms with Gasteiger partial charge in [0.05, 0.1) is 5.39 Å². The lowest BCUT2D eigenvalue weighted by Gasteiger charge is -2.05. The van der Waals surface area contributed by atoms with E-state index in [9.17, 15) is 4.79 Å². The van der Waals surface area contributed by atoms with Crippen LogP contribution in [0.15, 0.2) is 36.5 Å². The van der Waals surface area contributed by atoms with Crippen LogP contribution >= 0.6 is 22.6 Å². The normalized spacial score (nSPS) is 12.8. The summed E-state index contributed by atoms with van der Waals surface area (Å²) in [5.41, 5.74) is 2.21. The van der Waals surface area contributed by atoms with Crippen molar-refractivity contribution in [2.24, 2.45) is 4.99 Å². The number of hydrogen-bond acceptors (Lipinski definition) is 3. The Bertz CT molecular complexity index is 710. The second-order valence-corrected chi connectivity index (χ2v) is 4.23. The number of aromatic nitrogens is 1. The molecule has 1 aromatic heterocycles. The highest BCUT2D eigenvalue weighted by Gasteiger charge is 2.07. The molecule has 2 rings (SSSR count). The summed E-state index contributed by atoms with van der Waals surface area (Å²) in [6, 6.07) is 5.60. The Labute approximate surface area is 111 Å². The minimum Gasteiger partial charge on any atom is -0.409 e. The zero-order valence-electron chi connectivity index (χ0n) is 9.48. The van der Waals surface area contributed by atoms with Gasteiger partial charge in [0.2, 0.25) is 0 Å². The molecule has 17 heavy (non-hydrogen) atoms. The van der Waals surface area contributed by atoms with Gasteiger partial charge in [0.15, 0.2) is 0 Å². The Morgan fingerprint density at radius 2 is 2.24 bits per heavy atom. The van der Waals surface area contributed by atoms with Gasteiger partial charge in [0.25, 0.3) is 0 Å². The maximum Gasteiger partial charge on any atom is 0.425 e. The molecule has 0 bridgehead atoms. The van der Waals surface area contributed by atoms with E-state index < -0.39 is 5.76 Å². The summed E-state index contributed by atoms with van der Waals surface area (Å²) in [4.78, 5) is 16.0. The van der Waals surface area contributed by atoms with Crippen LogP contribution in [0.25, 0.3) is 17.2 Å². The van der Waals surface area contributed by atoms with E-state index >= 15 is 0 Å². The van der Waals surface area contributed by atoms with Crippen molar-refractivity contribution >= 4 is 39.8 Å². The molecule has 0 atom stereocenters. The van der Waals surface area contributed by atoms with Crippen molar-refractivity contribution in [3.05, 3.63) is 43.9 Å². The third kappa shape index (κ3) is 2.06. The minimum absolute atomic E-state index is 0.434. The van der Waals surface area contributed by atoms with Crippen LogP contribution in [-0.2, 0) is 0 Å². The van der Waals surface area contributed by atoms with Crippen molar-refractivity contribution < 1.29 is 4.42 Å². The molecule has 4 nitrogen and oxygen atoms in total. The van der Waals surface area contributed by atoms with Crippen molar-refractivity contribution in [3.8, 4) is 0 Å². The van der Waals surface area contributed by atoms with Gasteiger partial charge in [-0.2, -0.15) is 0 Å². The van der Waals surface area contributed by atoms with E-state index in [1.165, 1.54) is 4.57 Å². The van der Waals surface area contributed by atoms with Gasteiger partial charge in [-0.15, -0.1) is 0 Å². The van der Waals surface area contributed by atoms with Crippen LogP contribution in [0.5, 0.6) is 0 Å². The molecular weight excluding hydrogens is 331 g/mol. The lowest BCUT2D eigenvalue weighted by atomic mass is 10.1. The molecule has 0 N–H and O–H groups in total. The fourth-order valence-electron chi connectivity index (χ4n) is 1.77. The number of hydrogen-bond donors (Lipinski definition) is 0. The fourth-order valence-corrected chi connectivity index (χ4v) is 2.09. The van der Waals surface area contributed by atoms with Crippen molar-refractivity contribution in [1.29, 1.82) is 0 Å². The van der Waals surface area contributed by atoms with E-state index in [0.29, 0.717) is 11.1 Å². The lowest BCUT2D eigenvalue weighted by molar-refractivity contribution is 0.507. The summed E-state index contributed by atoms with van der Waals surface area (Å²) in [6.45, 7) is 1.97. The van der Waals surface area contributed by atoms with Gasteiger partial charge in [-0.05, 0) is 22.6 Å². The average molecular weight is 342 g/mol. The van der Waals surface area contributed by atoms with E-state index in [1.807, 2.05) is 41.6 Å². The first-order chi connectivity index (χ1) is 8.19. The Balaban J connectivity index is 3.10. The van der Waals surface area contributed by atoms with Crippen LogP contribution in [-0.4, -0.2) is 11.6 Å². The molecule has 0 aliphatic rings. The summed E-state index contributed by atoms with van der Waals surface area (Å²) in [6.07, 6.45) is 1.64. The van der Waals surface area contributed by atoms with E-state index in [2.05, 4.69) is 4.99 Å². The maximum atomic E-state index is 11.8. The molecule has 0 aliphatic carbocycles. The van der Waals surface area contributed by atoms with Crippen molar-refractivity contribution in [2.45, 2.75) is 6.92 Å². The molecule has 1 aromatic carbocycles. The molecule has 0 saturated carbocycles. The molecular formula is C12H11IN2O2.